The van der Waals surface area contributed by atoms with Gasteiger partial charge in [-0.15, -0.1) is 22.7 Å². The van der Waals surface area contributed by atoms with Crippen LogP contribution in [0.1, 0.15) is 22.9 Å². The number of para-hydroxylation sites is 1. The molecule has 2 aromatic heterocycles. The standard InChI is InChI=1S/C21H26N4OS2/c1-16(21-22-18-7-3-4-8-19(18)28-21)23(2)20(26)15-25-11-9-24(10-12-25)14-17-6-5-13-27-17/h3-8,13,16H,9-12,14-15H2,1-2H3/p+2/t16-/m1/s1. The summed E-state index contributed by atoms with van der Waals surface area (Å²) in [5, 5.41) is 3.16. The van der Waals surface area contributed by atoms with Gasteiger partial charge in [-0.25, -0.2) is 4.98 Å². The van der Waals surface area contributed by atoms with Crippen LogP contribution in [0.15, 0.2) is 41.8 Å². The van der Waals surface area contributed by atoms with E-state index in [1.54, 1.807) is 16.2 Å². The molecule has 1 saturated heterocycles. The fourth-order valence-electron chi connectivity index (χ4n) is 3.76. The Balaban J connectivity index is 1.29. The van der Waals surface area contributed by atoms with Crippen LogP contribution in [0.25, 0.3) is 10.2 Å². The maximum Gasteiger partial charge on any atom is 0.278 e. The average molecular weight is 417 g/mol. The van der Waals surface area contributed by atoms with Gasteiger partial charge < -0.3 is 14.7 Å². The molecule has 0 unspecified atom stereocenters. The normalized spacial score (nSPS) is 20.9. The Bertz CT molecular complexity index is 883. The van der Waals surface area contributed by atoms with Crippen LogP contribution in [0.3, 0.4) is 0 Å². The van der Waals surface area contributed by atoms with E-state index >= 15 is 0 Å². The number of fused-ring (bicyclic) bond motifs is 1. The summed E-state index contributed by atoms with van der Waals surface area (Å²) in [6.07, 6.45) is 0. The molecule has 148 valence electrons. The van der Waals surface area contributed by atoms with E-state index in [1.165, 1.54) is 14.5 Å². The zero-order valence-corrected chi connectivity index (χ0v) is 18.1. The number of likely N-dealkylation sites (N-methyl/N-ethyl adjacent to an activating group) is 1. The fraction of sp³-hybridized carbons (Fsp3) is 0.429. The molecular weight excluding hydrogens is 388 g/mol. The summed E-state index contributed by atoms with van der Waals surface area (Å²) in [5.74, 6) is 0.212. The first-order chi connectivity index (χ1) is 13.6. The zero-order valence-electron chi connectivity index (χ0n) is 16.5. The first-order valence-electron chi connectivity index (χ1n) is 9.91. The highest BCUT2D eigenvalue weighted by molar-refractivity contribution is 7.18. The van der Waals surface area contributed by atoms with Gasteiger partial charge in [0.25, 0.3) is 5.91 Å². The Morgan fingerprint density at radius 1 is 1.14 bits per heavy atom. The monoisotopic (exact) mass is 416 g/mol. The highest BCUT2D eigenvalue weighted by atomic mass is 32.1. The SMILES string of the molecule is C[C@H](c1nc2ccccc2s1)N(C)C(=O)C[NH+]1CC[NH+](Cc2cccs2)CC1. The number of aromatic nitrogens is 1. The number of piperazine rings is 1. The summed E-state index contributed by atoms with van der Waals surface area (Å²) < 4.78 is 1.18. The van der Waals surface area contributed by atoms with Crippen LogP contribution < -0.4 is 9.80 Å². The predicted octanol–water partition coefficient (Wildman–Crippen LogP) is 0.861. The van der Waals surface area contributed by atoms with Gasteiger partial charge >= 0.3 is 0 Å². The van der Waals surface area contributed by atoms with E-state index in [2.05, 4.69) is 30.5 Å². The van der Waals surface area contributed by atoms with E-state index < -0.39 is 0 Å². The topological polar surface area (TPSA) is 42.1 Å². The van der Waals surface area contributed by atoms with Crippen molar-refractivity contribution in [3.05, 3.63) is 51.7 Å². The van der Waals surface area contributed by atoms with E-state index in [4.69, 9.17) is 4.98 Å². The molecule has 0 saturated carbocycles. The maximum absolute atomic E-state index is 12.9. The molecule has 3 heterocycles. The first-order valence-corrected chi connectivity index (χ1v) is 11.6. The van der Waals surface area contributed by atoms with Crippen LogP contribution in [0.2, 0.25) is 0 Å². The molecule has 1 atom stereocenters. The van der Waals surface area contributed by atoms with Gasteiger partial charge in [-0.2, -0.15) is 0 Å². The largest absolute Gasteiger partial charge is 0.332 e. The molecule has 0 radical (unpaired) electrons. The maximum atomic E-state index is 12.9. The number of rotatable bonds is 6. The number of amides is 1. The molecule has 3 aromatic rings. The number of carbonyl (C=O) groups is 1. The molecule has 1 aliphatic rings. The number of benzene rings is 1. The lowest BCUT2D eigenvalue weighted by atomic mass is 10.2. The second-order valence-corrected chi connectivity index (χ2v) is 9.73. The van der Waals surface area contributed by atoms with Crippen LogP contribution in [0.5, 0.6) is 0 Å². The summed E-state index contributed by atoms with van der Waals surface area (Å²) in [4.78, 5) is 23.9. The fourth-order valence-corrected chi connectivity index (χ4v) is 5.60. The molecule has 1 aliphatic heterocycles. The van der Waals surface area contributed by atoms with Crippen molar-refractivity contribution in [2.75, 3.05) is 39.8 Å². The van der Waals surface area contributed by atoms with Crippen LogP contribution in [0, 0.1) is 0 Å². The molecule has 1 amide bonds. The number of hydrogen-bond donors (Lipinski definition) is 2. The van der Waals surface area contributed by atoms with E-state index in [-0.39, 0.29) is 11.9 Å². The molecule has 28 heavy (non-hydrogen) atoms. The third-order valence-electron chi connectivity index (χ3n) is 5.71. The Morgan fingerprint density at radius 3 is 2.61 bits per heavy atom. The van der Waals surface area contributed by atoms with Crippen molar-refractivity contribution in [2.24, 2.45) is 0 Å². The molecule has 7 heteroatoms. The summed E-state index contributed by atoms with van der Waals surface area (Å²) >= 11 is 3.53. The number of thiophene rings is 1. The Kier molecular flexibility index (Phi) is 6.06. The molecule has 0 spiro atoms. The smallest absolute Gasteiger partial charge is 0.278 e. The molecule has 5 nitrogen and oxygen atoms in total. The van der Waals surface area contributed by atoms with E-state index in [1.807, 2.05) is 41.5 Å². The summed E-state index contributed by atoms with van der Waals surface area (Å²) in [6, 6.07) is 12.5. The number of nitrogens with zero attached hydrogens (tertiary/aromatic N) is 2. The minimum absolute atomic E-state index is 0.00930. The molecule has 2 N–H and O–H groups in total. The Labute approximate surface area is 174 Å². The molecule has 4 rings (SSSR count). The predicted molar refractivity (Wildman–Crippen MR) is 115 cm³/mol. The lowest BCUT2D eigenvalue weighted by Crippen LogP contribution is -3.28. The Morgan fingerprint density at radius 2 is 1.89 bits per heavy atom. The van der Waals surface area contributed by atoms with Crippen molar-refractivity contribution in [3.63, 3.8) is 0 Å². The molecule has 1 aromatic carbocycles. The van der Waals surface area contributed by atoms with Crippen molar-refractivity contribution in [2.45, 2.75) is 19.5 Å². The van der Waals surface area contributed by atoms with Crippen molar-refractivity contribution in [1.82, 2.24) is 9.88 Å². The third-order valence-corrected chi connectivity index (χ3v) is 7.79. The number of thiazole rings is 1. The van der Waals surface area contributed by atoms with E-state index in [9.17, 15) is 4.79 Å². The van der Waals surface area contributed by atoms with Crippen molar-refractivity contribution >= 4 is 38.8 Å². The van der Waals surface area contributed by atoms with Crippen molar-refractivity contribution in [3.8, 4) is 0 Å². The highest BCUT2D eigenvalue weighted by Gasteiger charge is 2.28. The van der Waals surface area contributed by atoms with Gasteiger partial charge in [-0.1, -0.05) is 18.2 Å². The van der Waals surface area contributed by atoms with Crippen LogP contribution in [0.4, 0.5) is 0 Å². The number of hydrogen-bond acceptors (Lipinski definition) is 4. The second kappa shape index (κ2) is 8.69. The minimum atomic E-state index is 0.00930. The van der Waals surface area contributed by atoms with Crippen LogP contribution in [-0.4, -0.2) is 55.6 Å². The number of quaternary nitrogens is 2. The highest BCUT2D eigenvalue weighted by Crippen LogP contribution is 2.28. The zero-order chi connectivity index (χ0) is 19.5. The van der Waals surface area contributed by atoms with E-state index in [0.717, 1.165) is 43.2 Å². The van der Waals surface area contributed by atoms with Gasteiger partial charge in [0.1, 0.15) is 37.7 Å². The quantitative estimate of drug-likeness (QED) is 0.626. The molecule has 1 fully saturated rings. The van der Waals surface area contributed by atoms with Crippen LogP contribution >= 0.6 is 22.7 Å². The summed E-state index contributed by atoms with van der Waals surface area (Å²) in [7, 11) is 1.91. The van der Waals surface area contributed by atoms with Crippen molar-refractivity contribution in [1.29, 1.82) is 0 Å². The molecule has 0 bridgehead atoms. The van der Waals surface area contributed by atoms with Gasteiger partial charge in [0.05, 0.1) is 21.1 Å². The second-order valence-electron chi connectivity index (χ2n) is 7.63. The third kappa shape index (κ3) is 4.43. The Hall–Kier alpha value is -1.80. The molecular formula is C21H28N4OS2+2. The van der Waals surface area contributed by atoms with E-state index in [0.29, 0.717) is 6.54 Å². The summed E-state index contributed by atoms with van der Waals surface area (Å²) in [5.41, 5.74) is 1.02. The lowest BCUT2D eigenvalue weighted by Gasteiger charge is -2.31. The minimum Gasteiger partial charge on any atom is -0.332 e. The van der Waals surface area contributed by atoms with Gasteiger partial charge in [-0.05, 0) is 30.5 Å². The molecule has 0 aliphatic carbocycles. The van der Waals surface area contributed by atoms with Crippen LogP contribution in [-0.2, 0) is 11.3 Å². The van der Waals surface area contributed by atoms with Gasteiger partial charge in [0, 0.05) is 7.05 Å². The van der Waals surface area contributed by atoms with Gasteiger partial charge in [-0.3, -0.25) is 4.79 Å². The first kappa shape index (κ1) is 19.5. The van der Waals surface area contributed by atoms with Gasteiger partial charge in [0.15, 0.2) is 6.54 Å². The van der Waals surface area contributed by atoms with Crippen molar-refractivity contribution < 1.29 is 14.6 Å². The number of nitrogens with one attached hydrogen (secondary N) is 2. The average Bonchev–Trinajstić information content (AvgIpc) is 3.37. The number of carbonyl (C=O) groups excluding carboxylic acids is 1. The summed E-state index contributed by atoms with van der Waals surface area (Å²) in [6.45, 7) is 8.18. The lowest BCUT2D eigenvalue weighted by molar-refractivity contribution is -1.02. The van der Waals surface area contributed by atoms with Gasteiger partial charge in [0.2, 0.25) is 0 Å².